The van der Waals surface area contributed by atoms with Crippen molar-refractivity contribution in [3.05, 3.63) is 0 Å². The molecule has 3 amide bonds. The second kappa shape index (κ2) is 7.52. The van der Waals surface area contributed by atoms with Crippen LogP contribution in [0.25, 0.3) is 0 Å². The van der Waals surface area contributed by atoms with Gasteiger partial charge in [0.15, 0.2) is 0 Å². The third kappa shape index (κ3) is 5.51. The van der Waals surface area contributed by atoms with E-state index in [0.717, 1.165) is 0 Å². The second-order valence-electron chi connectivity index (χ2n) is 4.15. The van der Waals surface area contributed by atoms with Crippen LogP contribution in [0.5, 0.6) is 0 Å². The molecule has 0 saturated carbocycles. The van der Waals surface area contributed by atoms with E-state index >= 15 is 0 Å². The van der Waals surface area contributed by atoms with Gasteiger partial charge < -0.3 is 20.6 Å². The Bertz CT molecular complexity index is 319. The Morgan fingerprint density at radius 2 is 1.83 bits per heavy atom. The summed E-state index contributed by atoms with van der Waals surface area (Å²) < 4.78 is 0. The minimum absolute atomic E-state index is 0.107. The van der Waals surface area contributed by atoms with Crippen molar-refractivity contribution in [2.75, 3.05) is 20.1 Å². The standard InChI is InChI=1S/C11H21N3O4/c1-5-14(4)9(15)6-12-11(18)13-8(3)7(2)10(16)17/h7-8H,5-6H2,1-4H3,(H,16,17)(H2,12,13,18). The third-order valence-corrected chi connectivity index (χ3v) is 2.80. The summed E-state index contributed by atoms with van der Waals surface area (Å²) in [7, 11) is 1.64. The van der Waals surface area contributed by atoms with Gasteiger partial charge in [-0.05, 0) is 20.8 Å². The van der Waals surface area contributed by atoms with Crippen LogP contribution in [0.3, 0.4) is 0 Å². The lowest BCUT2D eigenvalue weighted by molar-refractivity contribution is -0.141. The van der Waals surface area contributed by atoms with Gasteiger partial charge in [0, 0.05) is 19.6 Å². The number of rotatable bonds is 6. The predicted octanol–water partition coefficient (Wildman–Crippen LogP) is -0.127. The van der Waals surface area contributed by atoms with Crippen molar-refractivity contribution in [2.24, 2.45) is 5.92 Å². The van der Waals surface area contributed by atoms with Crippen LogP contribution in [0.4, 0.5) is 4.79 Å². The van der Waals surface area contributed by atoms with E-state index in [0.29, 0.717) is 6.54 Å². The molecule has 0 aliphatic rings. The molecular weight excluding hydrogens is 238 g/mol. The van der Waals surface area contributed by atoms with Crippen LogP contribution < -0.4 is 10.6 Å². The van der Waals surface area contributed by atoms with Crippen molar-refractivity contribution >= 4 is 17.9 Å². The summed E-state index contributed by atoms with van der Waals surface area (Å²) in [5.41, 5.74) is 0. The quantitative estimate of drug-likeness (QED) is 0.619. The first-order valence-corrected chi connectivity index (χ1v) is 5.80. The van der Waals surface area contributed by atoms with E-state index in [-0.39, 0.29) is 12.5 Å². The fourth-order valence-corrected chi connectivity index (χ4v) is 1.06. The summed E-state index contributed by atoms with van der Waals surface area (Å²) in [6, 6.07) is -1.06. The maximum absolute atomic E-state index is 11.4. The maximum Gasteiger partial charge on any atom is 0.315 e. The molecular formula is C11H21N3O4. The summed E-state index contributed by atoms with van der Waals surface area (Å²) in [6.45, 7) is 5.38. The number of hydrogen-bond donors (Lipinski definition) is 3. The fourth-order valence-electron chi connectivity index (χ4n) is 1.06. The first-order chi connectivity index (χ1) is 8.29. The van der Waals surface area contributed by atoms with Crippen molar-refractivity contribution in [3.8, 4) is 0 Å². The van der Waals surface area contributed by atoms with Crippen LogP contribution in [-0.2, 0) is 9.59 Å². The van der Waals surface area contributed by atoms with Crippen molar-refractivity contribution in [3.63, 3.8) is 0 Å². The largest absolute Gasteiger partial charge is 0.481 e. The molecule has 0 rings (SSSR count). The molecule has 2 atom stereocenters. The van der Waals surface area contributed by atoms with Crippen molar-refractivity contribution < 1.29 is 19.5 Å². The van der Waals surface area contributed by atoms with Crippen LogP contribution in [0.1, 0.15) is 20.8 Å². The van der Waals surface area contributed by atoms with Gasteiger partial charge in [0.1, 0.15) is 0 Å². The number of carbonyl (C=O) groups excluding carboxylic acids is 2. The molecule has 18 heavy (non-hydrogen) atoms. The molecule has 0 spiro atoms. The van der Waals surface area contributed by atoms with E-state index < -0.39 is 24.0 Å². The number of nitrogens with zero attached hydrogens (tertiary/aromatic N) is 1. The predicted molar refractivity (Wildman–Crippen MR) is 66.1 cm³/mol. The highest BCUT2D eigenvalue weighted by Crippen LogP contribution is 2.01. The van der Waals surface area contributed by atoms with Gasteiger partial charge in [-0.1, -0.05) is 0 Å². The van der Waals surface area contributed by atoms with Gasteiger partial charge in [-0.2, -0.15) is 0 Å². The zero-order valence-corrected chi connectivity index (χ0v) is 11.2. The molecule has 104 valence electrons. The molecule has 7 heteroatoms. The molecule has 0 saturated heterocycles. The number of carbonyl (C=O) groups is 3. The molecule has 0 aromatic carbocycles. The van der Waals surface area contributed by atoms with E-state index in [9.17, 15) is 14.4 Å². The van der Waals surface area contributed by atoms with E-state index in [2.05, 4.69) is 10.6 Å². The molecule has 0 aromatic rings. The molecule has 0 aliphatic heterocycles. The van der Waals surface area contributed by atoms with Gasteiger partial charge in [0.05, 0.1) is 12.5 Å². The van der Waals surface area contributed by atoms with Crippen LogP contribution >= 0.6 is 0 Å². The number of amides is 3. The van der Waals surface area contributed by atoms with E-state index in [4.69, 9.17) is 5.11 Å². The lowest BCUT2D eigenvalue weighted by Gasteiger charge is -2.19. The van der Waals surface area contributed by atoms with Crippen molar-refractivity contribution in [1.29, 1.82) is 0 Å². The van der Waals surface area contributed by atoms with Gasteiger partial charge in [0.2, 0.25) is 5.91 Å². The Balaban J connectivity index is 4.05. The Morgan fingerprint density at radius 1 is 1.28 bits per heavy atom. The van der Waals surface area contributed by atoms with Crippen LogP contribution in [-0.4, -0.2) is 54.1 Å². The number of urea groups is 1. The Kier molecular flexibility index (Phi) is 6.77. The zero-order valence-electron chi connectivity index (χ0n) is 11.2. The second-order valence-corrected chi connectivity index (χ2v) is 4.15. The minimum atomic E-state index is -0.982. The lowest BCUT2D eigenvalue weighted by atomic mass is 10.0. The van der Waals surface area contributed by atoms with Gasteiger partial charge >= 0.3 is 12.0 Å². The molecule has 0 heterocycles. The van der Waals surface area contributed by atoms with Crippen molar-refractivity contribution in [1.82, 2.24) is 15.5 Å². The van der Waals surface area contributed by atoms with E-state index in [1.54, 1.807) is 14.0 Å². The fraction of sp³-hybridized carbons (Fsp3) is 0.727. The highest BCUT2D eigenvalue weighted by molar-refractivity contribution is 5.84. The number of carboxylic acids is 1. The van der Waals surface area contributed by atoms with Gasteiger partial charge in [-0.25, -0.2) is 4.79 Å². The smallest absolute Gasteiger partial charge is 0.315 e. The average molecular weight is 259 g/mol. The van der Waals surface area contributed by atoms with E-state index in [1.165, 1.54) is 11.8 Å². The topological polar surface area (TPSA) is 98.7 Å². The van der Waals surface area contributed by atoms with Crippen molar-refractivity contribution in [2.45, 2.75) is 26.8 Å². The third-order valence-electron chi connectivity index (χ3n) is 2.80. The molecule has 0 bridgehead atoms. The van der Waals surface area contributed by atoms with Gasteiger partial charge in [-0.15, -0.1) is 0 Å². The average Bonchev–Trinajstić information content (AvgIpc) is 2.33. The van der Waals surface area contributed by atoms with Gasteiger partial charge in [-0.3, -0.25) is 9.59 Å². The van der Waals surface area contributed by atoms with Crippen LogP contribution in [0.2, 0.25) is 0 Å². The van der Waals surface area contributed by atoms with Crippen LogP contribution in [0, 0.1) is 5.92 Å². The highest BCUT2D eigenvalue weighted by Gasteiger charge is 2.21. The first-order valence-electron chi connectivity index (χ1n) is 5.80. The summed E-state index contributed by atoms with van der Waals surface area (Å²) >= 11 is 0. The monoisotopic (exact) mass is 259 g/mol. The Labute approximate surface area is 107 Å². The SMILES string of the molecule is CCN(C)C(=O)CNC(=O)NC(C)C(C)C(=O)O. The summed E-state index contributed by atoms with van der Waals surface area (Å²) in [6.07, 6.45) is 0. The molecule has 7 nitrogen and oxygen atoms in total. The Morgan fingerprint density at radius 3 is 2.28 bits per heavy atom. The number of hydrogen-bond acceptors (Lipinski definition) is 3. The summed E-state index contributed by atoms with van der Waals surface area (Å²) in [5.74, 6) is -1.87. The normalized spacial score (nSPS) is 13.3. The molecule has 0 aromatic heterocycles. The Hall–Kier alpha value is -1.79. The summed E-state index contributed by atoms with van der Waals surface area (Å²) in [4.78, 5) is 35.0. The zero-order chi connectivity index (χ0) is 14.3. The number of aliphatic carboxylic acids is 1. The number of nitrogens with one attached hydrogen (secondary N) is 2. The summed E-state index contributed by atoms with van der Waals surface area (Å²) in [5, 5.41) is 13.6. The molecule has 0 radical (unpaired) electrons. The molecule has 0 fully saturated rings. The van der Waals surface area contributed by atoms with Crippen LogP contribution in [0.15, 0.2) is 0 Å². The number of carboxylic acid groups (broad SMARTS) is 1. The first kappa shape index (κ1) is 16.2. The highest BCUT2D eigenvalue weighted by atomic mass is 16.4. The molecule has 0 aliphatic carbocycles. The molecule has 3 N–H and O–H groups in total. The lowest BCUT2D eigenvalue weighted by Crippen LogP contribution is -2.47. The van der Waals surface area contributed by atoms with Gasteiger partial charge in [0.25, 0.3) is 0 Å². The van der Waals surface area contributed by atoms with E-state index in [1.807, 2.05) is 6.92 Å². The number of likely N-dealkylation sites (N-methyl/N-ethyl adjacent to an activating group) is 1. The maximum atomic E-state index is 11.4. The minimum Gasteiger partial charge on any atom is -0.481 e. The molecule has 2 unspecified atom stereocenters.